The SMILES string of the molecule is CC1=C[C@@H](N)[C@@H]2C[C@@H]1C2(C)C. The van der Waals surface area contributed by atoms with Gasteiger partial charge in [0.25, 0.3) is 0 Å². The second-order valence-corrected chi connectivity index (χ2v) is 4.70. The Hall–Kier alpha value is -0.300. The summed E-state index contributed by atoms with van der Waals surface area (Å²) in [7, 11) is 0. The lowest BCUT2D eigenvalue weighted by atomic mass is 9.48. The van der Waals surface area contributed by atoms with Gasteiger partial charge in [-0.3, -0.25) is 0 Å². The quantitative estimate of drug-likeness (QED) is 0.526. The van der Waals surface area contributed by atoms with Crippen molar-refractivity contribution in [2.75, 3.05) is 0 Å². The average molecular weight is 151 g/mol. The Labute approximate surface area is 68.7 Å². The normalized spacial score (nSPS) is 46.2. The van der Waals surface area contributed by atoms with Crippen LogP contribution in [0.25, 0.3) is 0 Å². The number of allylic oxidation sites excluding steroid dienone is 1. The van der Waals surface area contributed by atoms with E-state index in [0.717, 1.165) is 11.8 Å². The molecule has 62 valence electrons. The topological polar surface area (TPSA) is 26.0 Å². The molecule has 11 heavy (non-hydrogen) atoms. The molecule has 0 amide bonds. The van der Waals surface area contributed by atoms with Crippen molar-refractivity contribution in [2.24, 2.45) is 23.0 Å². The van der Waals surface area contributed by atoms with Crippen molar-refractivity contribution in [3.63, 3.8) is 0 Å². The smallest absolute Gasteiger partial charge is 0.0260 e. The molecule has 2 N–H and O–H groups in total. The van der Waals surface area contributed by atoms with Crippen molar-refractivity contribution in [3.05, 3.63) is 11.6 Å². The highest BCUT2D eigenvalue weighted by Crippen LogP contribution is 2.58. The lowest BCUT2D eigenvalue weighted by Crippen LogP contribution is -2.56. The minimum atomic E-state index is 0.329. The molecular weight excluding hydrogens is 134 g/mol. The van der Waals surface area contributed by atoms with E-state index in [1.165, 1.54) is 12.0 Å². The van der Waals surface area contributed by atoms with E-state index in [1.54, 1.807) is 0 Å². The van der Waals surface area contributed by atoms with E-state index in [0.29, 0.717) is 11.5 Å². The molecule has 0 aromatic rings. The van der Waals surface area contributed by atoms with E-state index >= 15 is 0 Å². The molecule has 0 aromatic heterocycles. The van der Waals surface area contributed by atoms with Crippen LogP contribution in [0.3, 0.4) is 0 Å². The molecule has 0 saturated heterocycles. The molecular formula is C10H17N. The molecule has 1 heteroatoms. The third-order valence-electron chi connectivity index (χ3n) is 3.81. The van der Waals surface area contributed by atoms with Crippen LogP contribution in [0.1, 0.15) is 27.2 Å². The predicted molar refractivity (Wildman–Crippen MR) is 47.1 cm³/mol. The molecule has 0 aliphatic heterocycles. The summed E-state index contributed by atoms with van der Waals surface area (Å²) < 4.78 is 0. The van der Waals surface area contributed by atoms with E-state index in [-0.39, 0.29) is 0 Å². The third kappa shape index (κ3) is 0.750. The molecule has 0 aromatic carbocycles. The fraction of sp³-hybridized carbons (Fsp3) is 0.800. The van der Waals surface area contributed by atoms with Gasteiger partial charge in [0.2, 0.25) is 0 Å². The van der Waals surface area contributed by atoms with Crippen molar-refractivity contribution < 1.29 is 0 Å². The molecule has 3 aliphatic rings. The Morgan fingerprint density at radius 3 is 2.55 bits per heavy atom. The molecule has 3 atom stereocenters. The molecule has 1 saturated carbocycles. The van der Waals surface area contributed by atoms with Crippen LogP contribution in [0.4, 0.5) is 0 Å². The van der Waals surface area contributed by atoms with Crippen molar-refractivity contribution >= 4 is 0 Å². The monoisotopic (exact) mass is 151 g/mol. The van der Waals surface area contributed by atoms with Gasteiger partial charge in [-0.2, -0.15) is 0 Å². The van der Waals surface area contributed by atoms with E-state index in [2.05, 4.69) is 26.8 Å². The maximum Gasteiger partial charge on any atom is 0.0260 e. The predicted octanol–water partition coefficient (Wildman–Crippen LogP) is 1.94. The number of hydrogen-bond acceptors (Lipinski definition) is 1. The minimum absolute atomic E-state index is 0.329. The van der Waals surface area contributed by atoms with Crippen molar-refractivity contribution in [3.8, 4) is 0 Å². The summed E-state index contributed by atoms with van der Waals surface area (Å²) in [6.07, 6.45) is 3.58. The molecule has 0 unspecified atom stereocenters. The first kappa shape index (κ1) is 7.35. The van der Waals surface area contributed by atoms with E-state index < -0.39 is 0 Å². The summed E-state index contributed by atoms with van der Waals surface area (Å²) >= 11 is 0. The van der Waals surface area contributed by atoms with Gasteiger partial charge >= 0.3 is 0 Å². The first-order valence-corrected chi connectivity index (χ1v) is 4.47. The van der Waals surface area contributed by atoms with Gasteiger partial charge in [0.1, 0.15) is 0 Å². The number of hydrogen-bond donors (Lipinski definition) is 1. The van der Waals surface area contributed by atoms with Crippen molar-refractivity contribution in [2.45, 2.75) is 33.2 Å². The van der Waals surface area contributed by atoms with Crippen LogP contribution in [-0.4, -0.2) is 6.04 Å². The van der Waals surface area contributed by atoms with Gasteiger partial charge in [0.05, 0.1) is 0 Å². The lowest BCUT2D eigenvalue weighted by Gasteiger charge is -2.58. The Bertz CT molecular complexity index is 215. The summed E-state index contributed by atoms with van der Waals surface area (Å²) in [6, 6.07) is 0.329. The Morgan fingerprint density at radius 1 is 1.55 bits per heavy atom. The van der Waals surface area contributed by atoms with E-state index in [4.69, 9.17) is 5.73 Å². The largest absolute Gasteiger partial charge is 0.324 e. The zero-order valence-electron chi connectivity index (χ0n) is 7.59. The van der Waals surface area contributed by atoms with Crippen molar-refractivity contribution in [1.29, 1.82) is 0 Å². The first-order valence-electron chi connectivity index (χ1n) is 4.47. The van der Waals surface area contributed by atoms with Gasteiger partial charge in [-0.05, 0) is 30.6 Å². The maximum atomic E-state index is 6.01. The Balaban J connectivity index is 2.34. The minimum Gasteiger partial charge on any atom is -0.324 e. The summed E-state index contributed by atoms with van der Waals surface area (Å²) in [6.45, 7) is 6.92. The fourth-order valence-electron chi connectivity index (χ4n) is 2.92. The third-order valence-corrected chi connectivity index (χ3v) is 3.81. The maximum absolute atomic E-state index is 6.01. The van der Waals surface area contributed by atoms with Crippen LogP contribution in [0.15, 0.2) is 11.6 Å². The molecule has 1 fully saturated rings. The highest BCUT2D eigenvalue weighted by molar-refractivity contribution is 5.25. The standard InChI is InChI=1S/C10H17N/c1-6-4-9(11)8-5-7(6)10(8,2)3/h4,7-9H,5,11H2,1-3H3/t7-,8-,9+/m0/s1. The van der Waals surface area contributed by atoms with Crippen LogP contribution >= 0.6 is 0 Å². The highest BCUT2D eigenvalue weighted by Gasteiger charge is 2.53. The van der Waals surface area contributed by atoms with Crippen LogP contribution in [0.2, 0.25) is 0 Å². The number of nitrogens with two attached hydrogens (primary N) is 1. The number of rotatable bonds is 0. The van der Waals surface area contributed by atoms with Crippen LogP contribution < -0.4 is 5.73 Å². The average Bonchev–Trinajstić information content (AvgIpc) is 1.84. The van der Waals surface area contributed by atoms with Crippen LogP contribution in [-0.2, 0) is 0 Å². The highest BCUT2D eigenvalue weighted by atomic mass is 14.7. The second-order valence-electron chi connectivity index (χ2n) is 4.70. The van der Waals surface area contributed by atoms with Crippen LogP contribution in [0, 0.1) is 17.3 Å². The first-order chi connectivity index (χ1) is 5.03. The van der Waals surface area contributed by atoms with E-state index in [9.17, 15) is 0 Å². The van der Waals surface area contributed by atoms with Gasteiger partial charge in [0, 0.05) is 6.04 Å². The summed E-state index contributed by atoms with van der Waals surface area (Å²) in [5.74, 6) is 1.57. The van der Waals surface area contributed by atoms with Crippen molar-refractivity contribution in [1.82, 2.24) is 0 Å². The summed E-state index contributed by atoms with van der Waals surface area (Å²) in [4.78, 5) is 0. The number of fused-ring (bicyclic) bond motifs is 1. The molecule has 0 spiro atoms. The van der Waals surface area contributed by atoms with Gasteiger partial charge < -0.3 is 5.73 Å². The van der Waals surface area contributed by atoms with Crippen LogP contribution in [0.5, 0.6) is 0 Å². The summed E-state index contributed by atoms with van der Waals surface area (Å²) in [5.41, 5.74) is 8.01. The van der Waals surface area contributed by atoms with Gasteiger partial charge in [-0.25, -0.2) is 0 Å². The zero-order valence-corrected chi connectivity index (χ0v) is 7.59. The zero-order chi connectivity index (χ0) is 8.22. The summed E-state index contributed by atoms with van der Waals surface area (Å²) in [5, 5.41) is 0. The van der Waals surface area contributed by atoms with Gasteiger partial charge in [0.15, 0.2) is 0 Å². The van der Waals surface area contributed by atoms with Gasteiger partial charge in [-0.15, -0.1) is 0 Å². The second kappa shape index (κ2) is 1.89. The molecule has 3 rings (SSSR count). The Morgan fingerprint density at radius 2 is 2.18 bits per heavy atom. The molecule has 0 radical (unpaired) electrons. The molecule has 3 aliphatic carbocycles. The molecule has 0 heterocycles. The molecule has 2 bridgehead atoms. The van der Waals surface area contributed by atoms with Gasteiger partial charge in [-0.1, -0.05) is 25.5 Å². The fourth-order valence-corrected chi connectivity index (χ4v) is 2.92. The Kier molecular flexibility index (Phi) is 1.26. The lowest BCUT2D eigenvalue weighted by molar-refractivity contribution is -0.0170. The molecule has 1 nitrogen and oxygen atoms in total. The van der Waals surface area contributed by atoms with E-state index in [1.807, 2.05) is 0 Å².